The minimum atomic E-state index is -0.415. The summed E-state index contributed by atoms with van der Waals surface area (Å²) in [6, 6.07) is 0.0162. The second-order valence-electron chi connectivity index (χ2n) is 3.42. The van der Waals surface area contributed by atoms with Gasteiger partial charge in [0.05, 0.1) is 12.1 Å². The van der Waals surface area contributed by atoms with Gasteiger partial charge in [0.2, 0.25) is 5.91 Å². The molecule has 3 nitrogen and oxygen atoms in total. The fraction of sp³-hybridized carbons (Fsp3) is 0.875. The van der Waals surface area contributed by atoms with Crippen LogP contribution in [0.15, 0.2) is 0 Å². The van der Waals surface area contributed by atoms with Gasteiger partial charge in [-0.15, -0.1) is 0 Å². The molecule has 0 aromatic carbocycles. The van der Waals surface area contributed by atoms with Gasteiger partial charge in [0, 0.05) is 13.5 Å². The van der Waals surface area contributed by atoms with Crippen LogP contribution < -0.4 is 0 Å². The Kier molecular flexibility index (Phi) is 2.18. The van der Waals surface area contributed by atoms with Crippen molar-refractivity contribution in [2.24, 2.45) is 5.92 Å². The number of rotatable bonds is 1. The molecule has 0 aliphatic carbocycles. The molecule has 0 spiro atoms. The summed E-state index contributed by atoms with van der Waals surface area (Å²) in [6.45, 7) is 3.73. The van der Waals surface area contributed by atoms with Gasteiger partial charge in [0.15, 0.2) is 0 Å². The van der Waals surface area contributed by atoms with Crippen LogP contribution in [0.1, 0.15) is 20.3 Å². The number of aliphatic hydroxyl groups is 1. The molecule has 0 aromatic rings. The molecule has 1 aliphatic heterocycles. The molecule has 64 valence electrons. The van der Waals surface area contributed by atoms with Crippen molar-refractivity contribution in [1.82, 2.24) is 4.90 Å². The second-order valence-corrected chi connectivity index (χ2v) is 3.42. The number of hydrogen-bond acceptors (Lipinski definition) is 2. The number of nitrogens with zero attached hydrogens (tertiary/aromatic N) is 1. The highest BCUT2D eigenvalue weighted by Gasteiger charge is 2.37. The summed E-state index contributed by atoms with van der Waals surface area (Å²) < 4.78 is 0. The van der Waals surface area contributed by atoms with E-state index < -0.39 is 6.10 Å². The second kappa shape index (κ2) is 2.81. The fourth-order valence-electron chi connectivity index (χ4n) is 1.89. The number of likely N-dealkylation sites (N-methyl/N-ethyl adjacent to an activating group) is 1. The smallest absolute Gasteiger partial charge is 0.223 e. The van der Waals surface area contributed by atoms with Crippen LogP contribution in [0.2, 0.25) is 0 Å². The predicted molar refractivity (Wildman–Crippen MR) is 42.0 cm³/mol. The van der Waals surface area contributed by atoms with Crippen LogP contribution in [0.25, 0.3) is 0 Å². The molecule has 1 unspecified atom stereocenters. The van der Waals surface area contributed by atoms with Gasteiger partial charge < -0.3 is 10.0 Å². The summed E-state index contributed by atoms with van der Waals surface area (Å²) in [6.07, 6.45) is 0.160. The summed E-state index contributed by atoms with van der Waals surface area (Å²) in [5, 5.41) is 9.32. The Morgan fingerprint density at radius 2 is 2.27 bits per heavy atom. The molecule has 1 heterocycles. The zero-order valence-electron chi connectivity index (χ0n) is 7.24. The molecule has 1 rings (SSSR count). The lowest BCUT2D eigenvalue weighted by Gasteiger charge is -2.25. The Morgan fingerprint density at radius 3 is 2.45 bits per heavy atom. The van der Waals surface area contributed by atoms with Gasteiger partial charge in [-0.2, -0.15) is 0 Å². The minimum absolute atomic E-state index is 0.0162. The Balaban J connectivity index is 2.71. The number of carbonyl (C=O) groups is 1. The zero-order valence-corrected chi connectivity index (χ0v) is 7.24. The van der Waals surface area contributed by atoms with E-state index in [1.54, 1.807) is 18.9 Å². The van der Waals surface area contributed by atoms with Crippen molar-refractivity contribution in [2.75, 3.05) is 7.05 Å². The number of aliphatic hydroxyl groups excluding tert-OH is 1. The van der Waals surface area contributed by atoms with Gasteiger partial charge in [0.1, 0.15) is 0 Å². The average Bonchev–Trinajstić information content (AvgIpc) is 2.07. The van der Waals surface area contributed by atoms with Gasteiger partial charge in [-0.25, -0.2) is 0 Å². The highest BCUT2D eigenvalue weighted by Crippen LogP contribution is 2.25. The molecule has 3 atom stereocenters. The van der Waals surface area contributed by atoms with Gasteiger partial charge in [-0.3, -0.25) is 4.79 Å². The molecule has 0 bridgehead atoms. The first kappa shape index (κ1) is 8.53. The number of hydrogen-bond donors (Lipinski definition) is 1. The van der Waals surface area contributed by atoms with E-state index in [1.807, 2.05) is 6.92 Å². The highest BCUT2D eigenvalue weighted by molar-refractivity contribution is 5.79. The molecule has 3 heteroatoms. The van der Waals surface area contributed by atoms with Crippen molar-refractivity contribution < 1.29 is 9.90 Å². The van der Waals surface area contributed by atoms with E-state index in [0.717, 1.165) is 0 Å². The number of amides is 1. The molecule has 1 saturated heterocycles. The largest absolute Gasteiger partial charge is 0.391 e. The van der Waals surface area contributed by atoms with E-state index in [4.69, 9.17) is 0 Å². The molecule has 1 amide bonds. The van der Waals surface area contributed by atoms with Crippen LogP contribution in [-0.4, -0.2) is 35.1 Å². The third-order valence-electron chi connectivity index (χ3n) is 2.41. The maximum absolute atomic E-state index is 11.1. The van der Waals surface area contributed by atoms with Crippen LogP contribution in [-0.2, 0) is 4.79 Å². The van der Waals surface area contributed by atoms with E-state index >= 15 is 0 Å². The topological polar surface area (TPSA) is 40.5 Å². The summed E-state index contributed by atoms with van der Waals surface area (Å²) in [4.78, 5) is 12.8. The lowest BCUT2D eigenvalue weighted by Crippen LogP contribution is -2.39. The van der Waals surface area contributed by atoms with Gasteiger partial charge in [-0.1, -0.05) is 6.92 Å². The Hall–Kier alpha value is -0.570. The molecule has 1 aliphatic rings. The lowest BCUT2D eigenvalue weighted by molar-refractivity contribution is -0.128. The monoisotopic (exact) mass is 157 g/mol. The van der Waals surface area contributed by atoms with Gasteiger partial charge in [0.25, 0.3) is 0 Å². The lowest BCUT2D eigenvalue weighted by atomic mass is 9.99. The van der Waals surface area contributed by atoms with Crippen molar-refractivity contribution in [3.8, 4) is 0 Å². The summed E-state index contributed by atoms with van der Waals surface area (Å²) in [5.74, 6) is 0.427. The molecule has 11 heavy (non-hydrogen) atoms. The molecular weight excluding hydrogens is 142 g/mol. The first-order valence-corrected chi connectivity index (χ1v) is 3.97. The van der Waals surface area contributed by atoms with Crippen LogP contribution in [0.5, 0.6) is 0 Å². The zero-order chi connectivity index (χ0) is 8.59. The molecule has 0 saturated carbocycles. The third kappa shape index (κ3) is 1.38. The van der Waals surface area contributed by atoms with Gasteiger partial charge >= 0.3 is 0 Å². The van der Waals surface area contributed by atoms with Crippen molar-refractivity contribution in [3.63, 3.8) is 0 Å². The molecule has 1 N–H and O–H groups in total. The standard InChI is InChI=1S/C8H15NO2/c1-5-4-7(11)9(3)8(5)6(2)10/h5-6,8,10H,4H2,1-3H3/t5-,6?,8+/m0/s1. The number of carbonyl (C=O) groups excluding carboxylic acids is 1. The fourth-order valence-corrected chi connectivity index (χ4v) is 1.89. The third-order valence-corrected chi connectivity index (χ3v) is 2.41. The van der Waals surface area contributed by atoms with E-state index in [1.165, 1.54) is 0 Å². The normalized spacial score (nSPS) is 34.5. The molecular formula is C8H15NO2. The summed E-state index contributed by atoms with van der Waals surface area (Å²) >= 11 is 0. The van der Waals surface area contributed by atoms with E-state index in [-0.39, 0.29) is 17.9 Å². The highest BCUT2D eigenvalue weighted by atomic mass is 16.3. The SMILES string of the molecule is CC(O)[C@H]1[C@@H](C)CC(=O)N1C. The quantitative estimate of drug-likeness (QED) is 0.592. The van der Waals surface area contributed by atoms with Gasteiger partial charge in [-0.05, 0) is 12.8 Å². The Morgan fingerprint density at radius 1 is 1.73 bits per heavy atom. The molecule has 0 aromatic heterocycles. The maximum Gasteiger partial charge on any atom is 0.223 e. The summed E-state index contributed by atoms with van der Waals surface area (Å²) in [5.41, 5.74) is 0. The molecule has 1 fully saturated rings. The van der Waals surface area contributed by atoms with Crippen LogP contribution in [0.3, 0.4) is 0 Å². The van der Waals surface area contributed by atoms with E-state index in [2.05, 4.69) is 0 Å². The van der Waals surface area contributed by atoms with E-state index in [0.29, 0.717) is 6.42 Å². The van der Waals surface area contributed by atoms with Crippen LogP contribution in [0, 0.1) is 5.92 Å². The minimum Gasteiger partial charge on any atom is -0.391 e. The number of likely N-dealkylation sites (tertiary alicyclic amines) is 1. The average molecular weight is 157 g/mol. The van der Waals surface area contributed by atoms with Crippen LogP contribution >= 0.6 is 0 Å². The van der Waals surface area contributed by atoms with Crippen molar-refractivity contribution >= 4 is 5.91 Å². The molecule has 0 radical (unpaired) electrons. The van der Waals surface area contributed by atoms with Crippen molar-refractivity contribution in [1.29, 1.82) is 0 Å². The first-order valence-electron chi connectivity index (χ1n) is 3.97. The van der Waals surface area contributed by atoms with E-state index in [9.17, 15) is 9.90 Å². The van der Waals surface area contributed by atoms with Crippen molar-refractivity contribution in [2.45, 2.75) is 32.4 Å². The Bertz CT molecular complexity index is 167. The Labute approximate surface area is 67.0 Å². The van der Waals surface area contributed by atoms with Crippen molar-refractivity contribution in [3.05, 3.63) is 0 Å². The summed E-state index contributed by atoms with van der Waals surface area (Å²) in [7, 11) is 1.75. The van der Waals surface area contributed by atoms with Crippen LogP contribution in [0.4, 0.5) is 0 Å². The predicted octanol–water partition coefficient (Wildman–Crippen LogP) is 0.234. The maximum atomic E-state index is 11.1. The first-order chi connectivity index (χ1) is 5.04.